The van der Waals surface area contributed by atoms with Gasteiger partial charge in [-0.3, -0.25) is 4.79 Å². The molecule has 0 aliphatic carbocycles. The van der Waals surface area contributed by atoms with Gasteiger partial charge in [0.1, 0.15) is 22.5 Å². The van der Waals surface area contributed by atoms with Crippen LogP contribution < -0.4 is 5.43 Å². The third-order valence-corrected chi connectivity index (χ3v) is 3.48. The van der Waals surface area contributed by atoms with E-state index in [0.717, 1.165) is 5.56 Å². The van der Waals surface area contributed by atoms with Crippen molar-refractivity contribution in [3.05, 3.63) is 70.3 Å². The van der Waals surface area contributed by atoms with Crippen molar-refractivity contribution >= 4 is 11.0 Å². The predicted molar refractivity (Wildman–Crippen MR) is 82.0 cm³/mol. The Hall–Kier alpha value is -2.42. The van der Waals surface area contributed by atoms with Crippen LogP contribution >= 0.6 is 0 Å². The highest BCUT2D eigenvalue weighted by Crippen LogP contribution is 2.30. The van der Waals surface area contributed by atoms with Crippen LogP contribution in [-0.4, -0.2) is 0 Å². The predicted octanol–water partition coefficient (Wildman–Crippen LogP) is 4.72. The summed E-state index contributed by atoms with van der Waals surface area (Å²) in [6.45, 7) is 3.91. The van der Waals surface area contributed by atoms with E-state index in [-0.39, 0.29) is 16.7 Å². The van der Waals surface area contributed by atoms with E-state index in [0.29, 0.717) is 16.9 Å². The molecule has 0 amide bonds. The zero-order valence-electron chi connectivity index (χ0n) is 11.9. The normalized spacial score (nSPS) is 11.2. The van der Waals surface area contributed by atoms with E-state index in [9.17, 15) is 9.18 Å². The maximum Gasteiger partial charge on any atom is 0.203 e. The molecule has 0 unspecified atom stereocenters. The molecule has 2 nitrogen and oxygen atoms in total. The number of rotatable bonds is 2. The van der Waals surface area contributed by atoms with Gasteiger partial charge in [-0.1, -0.05) is 50.2 Å². The first-order valence-corrected chi connectivity index (χ1v) is 6.90. The molecule has 0 atom stereocenters. The minimum absolute atomic E-state index is 0.0146. The Morgan fingerprint density at radius 1 is 1.00 bits per heavy atom. The van der Waals surface area contributed by atoms with Crippen LogP contribution in [0.5, 0.6) is 0 Å². The second kappa shape index (κ2) is 5.17. The lowest BCUT2D eigenvalue weighted by molar-refractivity contribution is 0.509. The quantitative estimate of drug-likeness (QED) is 0.680. The van der Waals surface area contributed by atoms with Crippen LogP contribution in [-0.2, 0) is 0 Å². The maximum absolute atomic E-state index is 14.0. The van der Waals surface area contributed by atoms with Crippen molar-refractivity contribution in [2.24, 2.45) is 0 Å². The van der Waals surface area contributed by atoms with Gasteiger partial charge < -0.3 is 4.42 Å². The number of benzene rings is 2. The minimum Gasteiger partial charge on any atom is -0.460 e. The van der Waals surface area contributed by atoms with Crippen LogP contribution in [0.25, 0.3) is 22.1 Å². The number of halogens is 1. The van der Waals surface area contributed by atoms with Gasteiger partial charge in [-0.2, -0.15) is 0 Å². The van der Waals surface area contributed by atoms with E-state index < -0.39 is 5.82 Å². The van der Waals surface area contributed by atoms with Crippen molar-refractivity contribution in [1.29, 1.82) is 0 Å². The number of hydrogen-bond acceptors (Lipinski definition) is 2. The Morgan fingerprint density at radius 2 is 1.71 bits per heavy atom. The first-order valence-electron chi connectivity index (χ1n) is 6.90. The SMILES string of the molecule is CC(C)c1oc2cccc(F)c2c(=O)c1-c1ccccc1. The van der Waals surface area contributed by atoms with E-state index in [2.05, 4.69) is 0 Å². The molecule has 0 spiro atoms. The van der Waals surface area contributed by atoms with E-state index in [1.165, 1.54) is 6.07 Å². The second-order valence-corrected chi connectivity index (χ2v) is 5.30. The summed E-state index contributed by atoms with van der Waals surface area (Å²) in [4.78, 5) is 12.8. The van der Waals surface area contributed by atoms with Gasteiger partial charge in [-0.05, 0) is 17.7 Å². The van der Waals surface area contributed by atoms with Gasteiger partial charge in [0, 0.05) is 5.92 Å². The first kappa shape index (κ1) is 13.6. The van der Waals surface area contributed by atoms with Crippen LogP contribution in [0.3, 0.4) is 0 Å². The molecule has 0 aliphatic heterocycles. The van der Waals surface area contributed by atoms with Gasteiger partial charge >= 0.3 is 0 Å². The molecule has 3 heteroatoms. The molecular weight excluding hydrogens is 267 g/mol. The lowest BCUT2D eigenvalue weighted by Gasteiger charge is -2.13. The number of hydrogen-bond donors (Lipinski definition) is 0. The van der Waals surface area contributed by atoms with Crippen LogP contribution in [0.15, 0.2) is 57.7 Å². The highest BCUT2D eigenvalue weighted by Gasteiger charge is 2.20. The zero-order chi connectivity index (χ0) is 15.0. The molecule has 0 N–H and O–H groups in total. The monoisotopic (exact) mass is 282 g/mol. The molecule has 3 rings (SSSR count). The first-order chi connectivity index (χ1) is 10.1. The highest BCUT2D eigenvalue weighted by atomic mass is 19.1. The van der Waals surface area contributed by atoms with E-state index >= 15 is 0 Å². The highest BCUT2D eigenvalue weighted by molar-refractivity contribution is 5.83. The molecule has 21 heavy (non-hydrogen) atoms. The molecule has 106 valence electrons. The maximum atomic E-state index is 14.0. The van der Waals surface area contributed by atoms with Gasteiger partial charge in [0.2, 0.25) is 5.43 Å². The molecule has 2 aromatic carbocycles. The zero-order valence-corrected chi connectivity index (χ0v) is 11.9. The smallest absolute Gasteiger partial charge is 0.203 e. The molecule has 0 radical (unpaired) electrons. The molecular formula is C18H15FO2. The molecule has 0 fully saturated rings. The molecule has 0 saturated heterocycles. The van der Waals surface area contributed by atoms with Crippen LogP contribution in [0.4, 0.5) is 4.39 Å². The van der Waals surface area contributed by atoms with Crippen LogP contribution in [0.2, 0.25) is 0 Å². The average Bonchev–Trinajstić information content (AvgIpc) is 2.47. The third-order valence-electron chi connectivity index (χ3n) is 3.48. The number of fused-ring (bicyclic) bond motifs is 1. The van der Waals surface area contributed by atoms with Crippen molar-refractivity contribution in [1.82, 2.24) is 0 Å². The van der Waals surface area contributed by atoms with E-state index in [4.69, 9.17) is 4.42 Å². The summed E-state index contributed by atoms with van der Waals surface area (Å²) in [5, 5.41) is 0.0146. The molecule has 0 bridgehead atoms. The Balaban J connectivity index is 2.47. The van der Waals surface area contributed by atoms with Gasteiger partial charge in [-0.25, -0.2) is 4.39 Å². The summed E-state index contributed by atoms with van der Waals surface area (Å²) >= 11 is 0. The lowest BCUT2D eigenvalue weighted by Crippen LogP contribution is -2.11. The van der Waals surface area contributed by atoms with Crippen LogP contribution in [0.1, 0.15) is 25.5 Å². The molecule has 1 aromatic heterocycles. The molecule has 1 heterocycles. The topological polar surface area (TPSA) is 30.2 Å². The standard InChI is InChI=1S/C18H15FO2/c1-11(2)18-15(12-7-4-3-5-8-12)17(20)16-13(19)9-6-10-14(16)21-18/h3-11H,1-2H3. The van der Waals surface area contributed by atoms with Crippen molar-refractivity contribution in [3.8, 4) is 11.1 Å². The van der Waals surface area contributed by atoms with Crippen molar-refractivity contribution in [3.63, 3.8) is 0 Å². The van der Waals surface area contributed by atoms with Gasteiger partial charge in [0.05, 0.1) is 5.56 Å². The Morgan fingerprint density at radius 3 is 2.38 bits per heavy atom. The molecule has 0 saturated carbocycles. The Bertz CT molecular complexity index is 848. The second-order valence-electron chi connectivity index (χ2n) is 5.30. The average molecular weight is 282 g/mol. The summed E-state index contributed by atoms with van der Waals surface area (Å²) in [5.41, 5.74) is 1.18. The molecule has 3 aromatic rings. The van der Waals surface area contributed by atoms with E-state index in [1.807, 2.05) is 44.2 Å². The fraction of sp³-hybridized carbons (Fsp3) is 0.167. The van der Waals surface area contributed by atoms with Crippen molar-refractivity contribution < 1.29 is 8.81 Å². The summed E-state index contributed by atoms with van der Waals surface area (Å²) in [6, 6.07) is 13.7. The summed E-state index contributed by atoms with van der Waals surface area (Å²) in [5.74, 6) is 0.0682. The molecule has 0 aliphatic rings. The van der Waals surface area contributed by atoms with Crippen molar-refractivity contribution in [2.75, 3.05) is 0 Å². The van der Waals surface area contributed by atoms with Crippen molar-refractivity contribution in [2.45, 2.75) is 19.8 Å². The minimum atomic E-state index is -0.547. The largest absolute Gasteiger partial charge is 0.460 e. The summed E-state index contributed by atoms with van der Waals surface area (Å²) < 4.78 is 19.8. The Kier molecular flexibility index (Phi) is 3.34. The van der Waals surface area contributed by atoms with E-state index in [1.54, 1.807) is 12.1 Å². The summed E-state index contributed by atoms with van der Waals surface area (Å²) in [7, 11) is 0. The van der Waals surface area contributed by atoms with Gasteiger partial charge in [0.25, 0.3) is 0 Å². The Labute approximate surface area is 121 Å². The lowest BCUT2D eigenvalue weighted by atomic mass is 9.97. The third kappa shape index (κ3) is 2.25. The van der Waals surface area contributed by atoms with Gasteiger partial charge in [-0.15, -0.1) is 0 Å². The fourth-order valence-electron chi connectivity index (χ4n) is 2.50. The van der Waals surface area contributed by atoms with Crippen LogP contribution in [0, 0.1) is 5.82 Å². The van der Waals surface area contributed by atoms with Gasteiger partial charge in [0.15, 0.2) is 0 Å². The summed E-state index contributed by atoms with van der Waals surface area (Å²) in [6.07, 6.45) is 0. The fourth-order valence-corrected chi connectivity index (χ4v) is 2.50.